The summed E-state index contributed by atoms with van der Waals surface area (Å²) in [5.74, 6) is 0. The fraction of sp³-hybridized carbons (Fsp3) is 0.364. The number of hydrogen-bond acceptors (Lipinski definition) is 4. The zero-order chi connectivity index (χ0) is 12.1. The fourth-order valence-corrected chi connectivity index (χ4v) is 1.50. The number of nitro groups is 1. The lowest BCUT2D eigenvalue weighted by Gasteiger charge is -2.24. The van der Waals surface area contributed by atoms with Crippen molar-refractivity contribution in [1.29, 1.82) is 0 Å². The van der Waals surface area contributed by atoms with Crippen LogP contribution < -0.4 is 0 Å². The standard InChI is InChI=1S/C11H13N3O3/c15-14(16)11-3-1-10(2-4-11)12-9-13-5-7-17-8-6-13/h1-4,9H,5-8H2. The number of aliphatic imine (C=N–C) groups is 1. The quantitative estimate of drug-likeness (QED) is 0.345. The molecule has 90 valence electrons. The lowest BCUT2D eigenvalue weighted by Crippen LogP contribution is -2.34. The van der Waals surface area contributed by atoms with Gasteiger partial charge in [-0.05, 0) is 12.1 Å². The first-order valence-electron chi connectivity index (χ1n) is 5.36. The molecule has 1 fully saturated rings. The van der Waals surface area contributed by atoms with E-state index in [1.807, 2.05) is 0 Å². The summed E-state index contributed by atoms with van der Waals surface area (Å²) in [6.07, 6.45) is 1.75. The maximum atomic E-state index is 10.5. The second kappa shape index (κ2) is 5.40. The summed E-state index contributed by atoms with van der Waals surface area (Å²) in [6, 6.07) is 6.17. The Labute approximate surface area is 98.7 Å². The Hall–Kier alpha value is -1.95. The minimum Gasteiger partial charge on any atom is -0.378 e. The van der Waals surface area contributed by atoms with E-state index in [1.165, 1.54) is 12.1 Å². The van der Waals surface area contributed by atoms with Crippen LogP contribution in [0.3, 0.4) is 0 Å². The molecule has 1 heterocycles. The van der Waals surface area contributed by atoms with E-state index in [2.05, 4.69) is 9.89 Å². The van der Waals surface area contributed by atoms with Gasteiger partial charge in [0.2, 0.25) is 0 Å². The SMILES string of the molecule is O=[N+]([O-])c1ccc(N=CN2CCOCC2)cc1. The van der Waals surface area contributed by atoms with E-state index in [9.17, 15) is 10.1 Å². The molecule has 1 aliphatic rings. The van der Waals surface area contributed by atoms with Crippen molar-refractivity contribution in [1.82, 2.24) is 4.90 Å². The molecule has 0 amide bonds. The Morgan fingerprint density at radius 3 is 2.53 bits per heavy atom. The number of non-ortho nitro benzene ring substituents is 1. The number of benzene rings is 1. The molecule has 2 rings (SSSR count). The summed E-state index contributed by atoms with van der Waals surface area (Å²) in [5, 5.41) is 10.5. The maximum Gasteiger partial charge on any atom is 0.269 e. The topological polar surface area (TPSA) is 68.0 Å². The van der Waals surface area contributed by atoms with Crippen molar-refractivity contribution >= 4 is 17.7 Å². The van der Waals surface area contributed by atoms with Gasteiger partial charge in [0.1, 0.15) is 0 Å². The molecule has 0 atom stereocenters. The van der Waals surface area contributed by atoms with Gasteiger partial charge in [-0.25, -0.2) is 4.99 Å². The molecule has 1 aromatic rings. The average Bonchev–Trinajstić information content (AvgIpc) is 2.38. The molecule has 0 aromatic heterocycles. The molecule has 1 saturated heterocycles. The zero-order valence-corrected chi connectivity index (χ0v) is 9.28. The highest BCUT2D eigenvalue weighted by atomic mass is 16.6. The highest BCUT2D eigenvalue weighted by Gasteiger charge is 2.06. The van der Waals surface area contributed by atoms with E-state index >= 15 is 0 Å². The van der Waals surface area contributed by atoms with Crippen LogP contribution in [0.25, 0.3) is 0 Å². The molecule has 1 aliphatic heterocycles. The Balaban J connectivity index is 1.98. The Kier molecular flexibility index (Phi) is 3.66. The minimum atomic E-state index is -0.421. The summed E-state index contributed by atoms with van der Waals surface area (Å²) in [4.78, 5) is 16.4. The Bertz CT molecular complexity index is 410. The predicted molar refractivity (Wildman–Crippen MR) is 63.6 cm³/mol. The van der Waals surface area contributed by atoms with E-state index < -0.39 is 4.92 Å². The van der Waals surface area contributed by atoms with Crippen LogP contribution >= 0.6 is 0 Å². The smallest absolute Gasteiger partial charge is 0.269 e. The second-order valence-electron chi connectivity index (χ2n) is 3.67. The molecule has 0 saturated carbocycles. The van der Waals surface area contributed by atoms with Crippen molar-refractivity contribution in [3.05, 3.63) is 34.4 Å². The third kappa shape index (κ3) is 3.25. The Morgan fingerprint density at radius 1 is 1.29 bits per heavy atom. The van der Waals surface area contributed by atoms with Crippen molar-refractivity contribution in [2.24, 2.45) is 4.99 Å². The van der Waals surface area contributed by atoms with E-state index in [0.29, 0.717) is 18.9 Å². The summed E-state index contributed by atoms with van der Waals surface area (Å²) in [5.41, 5.74) is 0.789. The van der Waals surface area contributed by atoms with Gasteiger partial charge >= 0.3 is 0 Å². The fourth-order valence-electron chi connectivity index (χ4n) is 1.50. The van der Waals surface area contributed by atoms with Gasteiger partial charge in [0, 0.05) is 25.2 Å². The lowest BCUT2D eigenvalue weighted by molar-refractivity contribution is -0.384. The van der Waals surface area contributed by atoms with E-state index in [4.69, 9.17) is 4.74 Å². The average molecular weight is 235 g/mol. The van der Waals surface area contributed by atoms with Crippen LogP contribution in [-0.2, 0) is 4.74 Å². The lowest BCUT2D eigenvalue weighted by atomic mass is 10.3. The molecule has 0 bridgehead atoms. The number of ether oxygens (including phenoxy) is 1. The Morgan fingerprint density at radius 2 is 1.94 bits per heavy atom. The van der Waals surface area contributed by atoms with Crippen molar-refractivity contribution < 1.29 is 9.66 Å². The highest BCUT2D eigenvalue weighted by Crippen LogP contribution is 2.17. The van der Waals surface area contributed by atoms with Crippen molar-refractivity contribution in [3.8, 4) is 0 Å². The van der Waals surface area contributed by atoms with Crippen LogP contribution in [0.1, 0.15) is 0 Å². The van der Waals surface area contributed by atoms with Crippen LogP contribution in [0, 0.1) is 10.1 Å². The van der Waals surface area contributed by atoms with E-state index in [1.54, 1.807) is 18.5 Å². The molecule has 0 aliphatic carbocycles. The molecule has 1 aromatic carbocycles. The van der Waals surface area contributed by atoms with Crippen LogP contribution in [-0.4, -0.2) is 42.5 Å². The largest absolute Gasteiger partial charge is 0.378 e. The van der Waals surface area contributed by atoms with Gasteiger partial charge in [0.05, 0.1) is 30.2 Å². The highest BCUT2D eigenvalue weighted by molar-refractivity contribution is 5.62. The molecule has 0 N–H and O–H groups in total. The molecule has 0 unspecified atom stereocenters. The van der Waals surface area contributed by atoms with Gasteiger partial charge in [-0.15, -0.1) is 0 Å². The molecular formula is C11H13N3O3. The molecule has 6 heteroatoms. The summed E-state index contributed by atoms with van der Waals surface area (Å²) < 4.78 is 5.22. The molecule has 0 spiro atoms. The maximum absolute atomic E-state index is 10.5. The minimum absolute atomic E-state index is 0.0790. The van der Waals surface area contributed by atoms with E-state index in [0.717, 1.165) is 13.1 Å². The summed E-state index contributed by atoms with van der Waals surface area (Å²) >= 11 is 0. The molecular weight excluding hydrogens is 222 g/mol. The predicted octanol–water partition coefficient (Wildman–Crippen LogP) is 1.59. The van der Waals surface area contributed by atoms with Crippen LogP contribution in [0.5, 0.6) is 0 Å². The van der Waals surface area contributed by atoms with Gasteiger partial charge in [-0.2, -0.15) is 0 Å². The van der Waals surface area contributed by atoms with Crippen LogP contribution in [0.15, 0.2) is 29.3 Å². The van der Waals surface area contributed by atoms with Gasteiger partial charge in [-0.3, -0.25) is 10.1 Å². The number of hydrogen-bond donors (Lipinski definition) is 0. The first-order chi connectivity index (χ1) is 8.25. The van der Waals surface area contributed by atoms with Crippen LogP contribution in [0.2, 0.25) is 0 Å². The number of morpholine rings is 1. The molecule has 17 heavy (non-hydrogen) atoms. The second-order valence-corrected chi connectivity index (χ2v) is 3.67. The number of rotatable bonds is 3. The zero-order valence-electron chi connectivity index (χ0n) is 9.28. The number of nitro benzene ring substituents is 1. The third-order valence-corrected chi connectivity index (χ3v) is 2.48. The summed E-state index contributed by atoms with van der Waals surface area (Å²) in [7, 11) is 0. The van der Waals surface area contributed by atoms with Crippen molar-refractivity contribution in [2.75, 3.05) is 26.3 Å². The van der Waals surface area contributed by atoms with Gasteiger partial charge in [0.15, 0.2) is 0 Å². The third-order valence-electron chi connectivity index (χ3n) is 2.48. The van der Waals surface area contributed by atoms with Gasteiger partial charge < -0.3 is 9.64 Å². The monoisotopic (exact) mass is 235 g/mol. The molecule has 6 nitrogen and oxygen atoms in total. The van der Waals surface area contributed by atoms with Gasteiger partial charge in [-0.1, -0.05) is 0 Å². The summed E-state index contributed by atoms with van der Waals surface area (Å²) in [6.45, 7) is 3.09. The van der Waals surface area contributed by atoms with Crippen molar-refractivity contribution in [3.63, 3.8) is 0 Å². The molecule has 0 radical (unpaired) electrons. The van der Waals surface area contributed by atoms with Gasteiger partial charge in [0.25, 0.3) is 5.69 Å². The first-order valence-corrected chi connectivity index (χ1v) is 5.36. The van der Waals surface area contributed by atoms with E-state index in [-0.39, 0.29) is 5.69 Å². The van der Waals surface area contributed by atoms with Crippen molar-refractivity contribution in [2.45, 2.75) is 0 Å². The van der Waals surface area contributed by atoms with Crippen LogP contribution in [0.4, 0.5) is 11.4 Å². The first kappa shape index (κ1) is 11.5. The normalized spacial score (nSPS) is 16.4. The number of nitrogens with zero attached hydrogens (tertiary/aromatic N) is 3.